The Kier molecular flexibility index (Phi) is 4.54. The van der Waals surface area contributed by atoms with Crippen LogP contribution < -0.4 is 4.90 Å². The molecule has 0 aliphatic heterocycles. The first-order valence-electron chi connectivity index (χ1n) is 6.38. The molecule has 2 rings (SSSR count). The quantitative estimate of drug-likeness (QED) is 0.859. The predicted molar refractivity (Wildman–Crippen MR) is 83.8 cm³/mol. The van der Waals surface area contributed by atoms with Crippen LogP contribution in [0.3, 0.4) is 0 Å². The van der Waals surface area contributed by atoms with Crippen molar-refractivity contribution >= 4 is 38.6 Å². The summed E-state index contributed by atoms with van der Waals surface area (Å²) in [5.74, 6) is 0.0638. The number of nitrogens with zero attached hydrogens (tertiary/aromatic N) is 4. The monoisotopic (exact) mass is 336 g/mol. The van der Waals surface area contributed by atoms with Crippen LogP contribution in [0, 0.1) is 0 Å². The minimum Gasteiger partial charge on any atom is -0.361 e. The number of rotatable bonds is 4. The Labute approximate surface area is 126 Å². The highest BCUT2D eigenvalue weighted by Crippen LogP contribution is 2.25. The van der Waals surface area contributed by atoms with Gasteiger partial charge in [-0.25, -0.2) is 0 Å². The second-order valence-electron chi connectivity index (χ2n) is 4.65. The van der Waals surface area contributed by atoms with Gasteiger partial charge in [0, 0.05) is 37.5 Å². The number of fused-ring (bicyclic) bond motifs is 1. The van der Waals surface area contributed by atoms with E-state index in [1.807, 2.05) is 24.0 Å². The lowest BCUT2D eigenvalue weighted by atomic mass is 10.2. The summed E-state index contributed by atoms with van der Waals surface area (Å²) in [6, 6.07) is 3.82. The Morgan fingerprint density at radius 3 is 2.75 bits per heavy atom. The van der Waals surface area contributed by atoms with Gasteiger partial charge in [0.2, 0.25) is 5.91 Å². The normalized spacial score (nSPS) is 10.6. The van der Waals surface area contributed by atoms with Gasteiger partial charge in [-0.15, -0.1) is 0 Å². The summed E-state index contributed by atoms with van der Waals surface area (Å²) in [5, 5.41) is 0. The first-order chi connectivity index (χ1) is 9.52. The second kappa shape index (κ2) is 6.17. The Morgan fingerprint density at radius 2 is 2.10 bits per heavy atom. The van der Waals surface area contributed by atoms with Crippen molar-refractivity contribution in [1.82, 2.24) is 14.9 Å². The molecule has 0 fully saturated rings. The van der Waals surface area contributed by atoms with Crippen molar-refractivity contribution in [3.63, 3.8) is 0 Å². The van der Waals surface area contributed by atoms with Crippen molar-refractivity contribution in [1.29, 1.82) is 0 Å². The zero-order chi connectivity index (χ0) is 14.7. The van der Waals surface area contributed by atoms with Crippen molar-refractivity contribution in [3.05, 3.63) is 29.0 Å². The lowest BCUT2D eigenvalue weighted by molar-refractivity contribution is -0.127. The summed E-state index contributed by atoms with van der Waals surface area (Å²) in [4.78, 5) is 24.3. The first-order valence-corrected chi connectivity index (χ1v) is 7.17. The average Bonchev–Trinajstić information content (AvgIpc) is 2.43. The van der Waals surface area contributed by atoms with E-state index in [0.29, 0.717) is 6.54 Å². The molecule has 0 saturated carbocycles. The Balaban J connectivity index is 2.42. The Bertz CT molecular complexity index is 630. The van der Waals surface area contributed by atoms with Crippen LogP contribution in [0.4, 0.5) is 5.69 Å². The maximum absolute atomic E-state index is 11.9. The highest BCUT2D eigenvalue weighted by molar-refractivity contribution is 9.10. The zero-order valence-corrected chi connectivity index (χ0v) is 13.4. The molecule has 0 unspecified atom stereocenters. The average molecular weight is 337 g/mol. The molecule has 1 amide bonds. The number of hydrogen-bond donors (Lipinski definition) is 0. The number of amides is 1. The van der Waals surface area contributed by atoms with E-state index in [-0.39, 0.29) is 5.91 Å². The van der Waals surface area contributed by atoms with Crippen molar-refractivity contribution < 1.29 is 4.79 Å². The van der Waals surface area contributed by atoms with Gasteiger partial charge in [-0.05, 0) is 35.0 Å². The van der Waals surface area contributed by atoms with Gasteiger partial charge in [0.05, 0.1) is 17.7 Å². The third-order valence-electron chi connectivity index (χ3n) is 3.07. The van der Waals surface area contributed by atoms with E-state index in [1.54, 1.807) is 31.4 Å². The molecule has 0 bridgehead atoms. The van der Waals surface area contributed by atoms with Gasteiger partial charge in [-0.3, -0.25) is 14.8 Å². The Hall–Kier alpha value is -1.69. The van der Waals surface area contributed by atoms with Gasteiger partial charge in [0.1, 0.15) is 5.52 Å². The molecule has 6 heteroatoms. The molecule has 2 aromatic heterocycles. The molecule has 0 aliphatic rings. The largest absolute Gasteiger partial charge is 0.361 e. The van der Waals surface area contributed by atoms with Crippen molar-refractivity contribution in [2.24, 2.45) is 0 Å². The molecule has 0 spiro atoms. The molecular formula is C14H17BrN4O. The van der Waals surface area contributed by atoms with Crippen LogP contribution in [0.2, 0.25) is 0 Å². The predicted octanol–water partition coefficient (Wildman–Crippen LogP) is 2.31. The Morgan fingerprint density at radius 1 is 1.35 bits per heavy atom. The standard InChI is InChI=1S/C14H17BrN4O/c1-4-19(9-13(20)18(2)3)12-5-6-16-11-7-10(15)8-17-14(11)12/h5-8H,4,9H2,1-3H3. The minimum absolute atomic E-state index is 0.0638. The summed E-state index contributed by atoms with van der Waals surface area (Å²) in [6.07, 6.45) is 3.49. The first kappa shape index (κ1) is 14.7. The second-order valence-corrected chi connectivity index (χ2v) is 5.57. The fraction of sp³-hybridized carbons (Fsp3) is 0.357. The van der Waals surface area contributed by atoms with E-state index in [0.717, 1.165) is 27.7 Å². The van der Waals surface area contributed by atoms with Crippen LogP contribution in [-0.2, 0) is 4.79 Å². The van der Waals surface area contributed by atoms with E-state index >= 15 is 0 Å². The number of halogens is 1. The van der Waals surface area contributed by atoms with Gasteiger partial charge in [0.15, 0.2) is 0 Å². The molecule has 0 saturated heterocycles. The zero-order valence-electron chi connectivity index (χ0n) is 11.8. The van der Waals surface area contributed by atoms with Gasteiger partial charge in [0.25, 0.3) is 0 Å². The number of carbonyl (C=O) groups is 1. The fourth-order valence-corrected chi connectivity index (χ4v) is 2.24. The highest BCUT2D eigenvalue weighted by atomic mass is 79.9. The van der Waals surface area contributed by atoms with Crippen molar-refractivity contribution in [2.75, 3.05) is 32.1 Å². The van der Waals surface area contributed by atoms with Crippen LogP contribution in [-0.4, -0.2) is 48.0 Å². The van der Waals surface area contributed by atoms with Crippen LogP contribution >= 0.6 is 15.9 Å². The number of anilines is 1. The third-order valence-corrected chi connectivity index (χ3v) is 3.50. The molecule has 5 nitrogen and oxygen atoms in total. The SMILES string of the molecule is CCN(CC(=O)N(C)C)c1ccnc2cc(Br)cnc12. The summed E-state index contributed by atoms with van der Waals surface area (Å²) >= 11 is 3.39. The third kappa shape index (κ3) is 3.07. The van der Waals surface area contributed by atoms with E-state index in [2.05, 4.69) is 25.9 Å². The number of aromatic nitrogens is 2. The summed E-state index contributed by atoms with van der Waals surface area (Å²) in [6.45, 7) is 3.09. The van der Waals surface area contributed by atoms with Gasteiger partial charge < -0.3 is 9.80 Å². The maximum Gasteiger partial charge on any atom is 0.241 e. The van der Waals surface area contributed by atoms with Gasteiger partial charge in [-0.2, -0.15) is 0 Å². The fourth-order valence-electron chi connectivity index (χ4n) is 1.92. The summed E-state index contributed by atoms with van der Waals surface area (Å²) in [7, 11) is 3.52. The topological polar surface area (TPSA) is 49.3 Å². The molecule has 106 valence electrons. The lowest BCUT2D eigenvalue weighted by Gasteiger charge is -2.24. The van der Waals surface area contributed by atoms with Crippen LogP contribution in [0.15, 0.2) is 29.0 Å². The highest BCUT2D eigenvalue weighted by Gasteiger charge is 2.15. The molecule has 2 aromatic rings. The summed E-state index contributed by atoms with van der Waals surface area (Å²) in [5.41, 5.74) is 2.55. The summed E-state index contributed by atoms with van der Waals surface area (Å²) < 4.78 is 0.891. The molecule has 0 aromatic carbocycles. The maximum atomic E-state index is 11.9. The van der Waals surface area contributed by atoms with Crippen LogP contribution in [0.1, 0.15) is 6.92 Å². The molecule has 0 N–H and O–H groups in total. The van der Waals surface area contributed by atoms with Crippen LogP contribution in [0.5, 0.6) is 0 Å². The number of pyridine rings is 2. The molecule has 2 heterocycles. The van der Waals surface area contributed by atoms with Gasteiger partial charge >= 0.3 is 0 Å². The number of likely N-dealkylation sites (N-methyl/N-ethyl adjacent to an activating group) is 2. The minimum atomic E-state index is 0.0638. The van der Waals surface area contributed by atoms with E-state index < -0.39 is 0 Å². The number of carbonyl (C=O) groups excluding carboxylic acids is 1. The van der Waals surface area contributed by atoms with E-state index in [1.165, 1.54) is 0 Å². The lowest BCUT2D eigenvalue weighted by Crippen LogP contribution is -2.36. The molecule has 0 atom stereocenters. The van der Waals surface area contributed by atoms with Crippen LogP contribution in [0.25, 0.3) is 11.0 Å². The van der Waals surface area contributed by atoms with E-state index in [9.17, 15) is 4.79 Å². The smallest absolute Gasteiger partial charge is 0.241 e. The van der Waals surface area contributed by atoms with Crippen molar-refractivity contribution in [3.8, 4) is 0 Å². The van der Waals surface area contributed by atoms with Gasteiger partial charge in [-0.1, -0.05) is 0 Å². The number of hydrogen-bond acceptors (Lipinski definition) is 4. The van der Waals surface area contributed by atoms with Crippen molar-refractivity contribution in [2.45, 2.75) is 6.92 Å². The molecule has 0 radical (unpaired) electrons. The molecular weight excluding hydrogens is 320 g/mol. The molecule has 20 heavy (non-hydrogen) atoms. The molecule has 0 aliphatic carbocycles. The van der Waals surface area contributed by atoms with E-state index in [4.69, 9.17) is 0 Å².